The molecule has 21 heavy (non-hydrogen) atoms. The highest BCUT2D eigenvalue weighted by Crippen LogP contribution is 2.42. The highest BCUT2D eigenvalue weighted by molar-refractivity contribution is 5.34. The van der Waals surface area contributed by atoms with E-state index in [-0.39, 0.29) is 0 Å². The molecule has 2 aromatic carbocycles. The van der Waals surface area contributed by atoms with Gasteiger partial charge in [-0.3, -0.25) is 0 Å². The summed E-state index contributed by atoms with van der Waals surface area (Å²) in [5, 5.41) is 3.47. The van der Waals surface area contributed by atoms with Crippen LogP contribution in [0.2, 0.25) is 0 Å². The Morgan fingerprint density at radius 2 is 1.57 bits per heavy atom. The first-order chi connectivity index (χ1) is 10.3. The van der Waals surface area contributed by atoms with Gasteiger partial charge in [-0.2, -0.15) is 0 Å². The van der Waals surface area contributed by atoms with E-state index < -0.39 is 0 Å². The lowest BCUT2D eigenvalue weighted by molar-refractivity contribution is 0.368. The van der Waals surface area contributed by atoms with Gasteiger partial charge >= 0.3 is 0 Å². The fraction of sp³-hybridized carbons (Fsp3) is 0.368. The second-order valence-electron chi connectivity index (χ2n) is 5.95. The smallest absolute Gasteiger partial charge is 0.127 e. The van der Waals surface area contributed by atoms with Gasteiger partial charge in [0.25, 0.3) is 0 Å². The second kappa shape index (κ2) is 6.31. The molecule has 2 unspecified atom stereocenters. The molecule has 1 N–H and O–H groups in total. The van der Waals surface area contributed by atoms with E-state index in [9.17, 15) is 0 Å². The van der Waals surface area contributed by atoms with Crippen molar-refractivity contribution in [3.05, 3.63) is 60.2 Å². The third-order valence-electron chi connectivity index (χ3n) is 4.42. The van der Waals surface area contributed by atoms with Crippen molar-refractivity contribution in [1.29, 1.82) is 0 Å². The SMILES string of the molecule is CNC(c1ccc(Oc2ccccc2)cc1)C(C)C1CC1. The molecule has 0 bridgehead atoms. The molecule has 0 spiro atoms. The number of hydrogen-bond acceptors (Lipinski definition) is 2. The summed E-state index contributed by atoms with van der Waals surface area (Å²) in [4.78, 5) is 0. The average Bonchev–Trinajstić information content (AvgIpc) is 3.35. The van der Waals surface area contributed by atoms with E-state index in [0.717, 1.165) is 17.4 Å². The molecule has 2 atom stereocenters. The Morgan fingerprint density at radius 1 is 0.952 bits per heavy atom. The number of nitrogens with one attached hydrogen (secondary N) is 1. The van der Waals surface area contributed by atoms with Gasteiger partial charge < -0.3 is 10.1 Å². The van der Waals surface area contributed by atoms with E-state index in [1.807, 2.05) is 30.3 Å². The molecule has 2 nitrogen and oxygen atoms in total. The van der Waals surface area contributed by atoms with E-state index in [2.05, 4.69) is 43.6 Å². The summed E-state index contributed by atoms with van der Waals surface area (Å²) >= 11 is 0. The first-order valence-corrected chi connectivity index (χ1v) is 7.78. The Morgan fingerprint density at radius 3 is 2.14 bits per heavy atom. The molecule has 2 heteroatoms. The van der Waals surface area contributed by atoms with Crippen molar-refractivity contribution in [2.75, 3.05) is 7.05 Å². The summed E-state index contributed by atoms with van der Waals surface area (Å²) in [5.74, 6) is 3.35. The van der Waals surface area contributed by atoms with E-state index in [1.54, 1.807) is 0 Å². The van der Waals surface area contributed by atoms with Gasteiger partial charge in [0, 0.05) is 6.04 Å². The maximum Gasteiger partial charge on any atom is 0.127 e. The van der Waals surface area contributed by atoms with Crippen molar-refractivity contribution in [3.63, 3.8) is 0 Å². The normalized spacial score (nSPS) is 17.2. The Bertz CT molecular complexity index is 560. The molecule has 1 fully saturated rings. The molecule has 0 aromatic heterocycles. The van der Waals surface area contributed by atoms with Crippen molar-refractivity contribution in [1.82, 2.24) is 5.32 Å². The third-order valence-corrected chi connectivity index (χ3v) is 4.42. The minimum atomic E-state index is 0.434. The molecule has 2 aromatic rings. The second-order valence-corrected chi connectivity index (χ2v) is 5.95. The fourth-order valence-electron chi connectivity index (χ4n) is 3.00. The van der Waals surface area contributed by atoms with Crippen LogP contribution in [-0.4, -0.2) is 7.05 Å². The fourth-order valence-corrected chi connectivity index (χ4v) is 3.00. The molecule has 1 saturated carbocycles. The molecule has 110 valence electrons. The van der Waals surface area contributed by atoms with E-state index in [4.69, 9.17) is 4.74 Å². The zero-order chi connectivity index (χ0) is 14.7. The summed E-state index contributed by atoms with van der Waals surface area (Å²) in [6, 6.07) is 18.8. The predicted octanol–water partition coefficient (Wildman–Crippen LogP) is 4.79. The molecule has 1 aliphatic rings. The Kier molecular flexibility index (Phi) is 4.26. The van der Waals surface area contributed by atoms with E-state index in [1.165, 1.54) is 18.4 Å². The average molecular weight is 281 g/mol. The number of hydrogen-bond donors (Lipinski definition) is 1. The molecule has 0 saturated heterocycles. The van der Waals surface area contributed by atoms with Gasteiger partial charge in [-0.05, 0) is 61.6 Å². The topological polar surface area (TPSA) is 21.3 Å². The van der Waals surface area contributed by atoms with Crippen LogP contribution < -0.4 is 10.1 Å². The van der Waals surface area contributed by atoms with Crippen molar-refractivity contribution in [2.45, 2.75) is 25.8 Å². The number of ether oxygens (including phenoxy) is 1. The predicted molar refractivity (Wildman–Crippen MR) is 86.6 cm³/mol. The monoisotopic (exact) mass is 281 g/mol. The summed E-state index contributed by atoms with van der Waals surface area (Å²) in [5.41, 5.74) is 1.34. The molecular formula is C19H23NO. The first-order valence-electron chi connectivity index (χ1n) is 7.78. The summed E-state index contributed by atoms with van der Waals surface area (Å²) < 4.78 is 5.85. The minimum absolute atomic E-state index is 0.434. The molecule has 0 heterocycles. The number of benzene rings is 2. The Hall–Kier alpha value is -1.80. The highest BCUT2D eigenvalue weighted by Gasteiger charge is 2.33. The molecule has 3 rings (SSSR count). The molecule has 0 aliphatic heterocycles. The van der Waals surface area contributed by atoms with Crippen molar-refractivity contribution in [3.8, 4) is 11.5 Å². The number of rotatable bonds is 6. The van der Waals surface area contributed by atoms with Gasteiger partial charge in [0.15, 0.2) is 0 Å². The zero-order valence-corrected chi connectivity index (χ0v) is 12.8. The van der Waals surface area contributed by atoms with Gasteiger partial charge in [-0.1, -0.05) is 37.3 Å². The molecule has 1 aliphatic carbocycles. The maximum absolute atomic E-state index is 5.85. The summed E-state index contributed by atoms with van der Waals surface area (Å²) in [7, 11) is 2.05. The zero-order valence-electron chi connectivity index (χ0n) is 12.8. The van der Waals surface area contributed by atoms with Crippen LogP contribution in [0.4, 0.5) is 0 Å². The van der Waals surface area contributed by atoms with Crippen LogP contribution in [-0.2, 0) is 0 Å². The van der Waals surface area contributed by atoms with Crippen molar-refractivity contribution in [2.24, 2.45) is 11.8 Å². The highest BCUT2D eigenvalue weighted by atomic mass is 16.5. The number of para-hydroxylation sites is 1. The van der Waals surface area contributed by atoms with Crippen LogP contribution in [0, 0.1) is 11.8 Å². The quantitative estimate of drug-likeness (QED) is 0.822. The minimum Gasteiger partial charge on any atom is -0.457 e. The lowest BCUT2D eigenvalue weighted by Gasteiger charge is -2.24. The van der Waals surface area contributed by atoms with Crippen LogP contribution in [0.15, 0.2) is 54.6 Å². The molecular weight excluding hydrogens is 258 g/mol. The van der Waals surface area contributed by atoms with Gasteiger partial charge in [0.05, 0.1) is 0 Å². The third kappa shape index (κ3) is 3.45. The summed E-state index contributed by atoms with van der Waals surface area (Å²) in [6.45, 7) is 2.35. The summed E-state index contributed by atoms with van der Waals surface area (Å²) in [6.07, 6.45) is 2.77. The van der Waals surface area contributed by atoms with Crippen molar-refractivity contribution < 1.29 is 4.74 Å². The van der Waals surface area contributed by atoms with Crippen LogP contribution in [0.5, 0.6) is 11.5 Å². The Labute approximate surface area is 127 Å². The van der Waals surface area contributed by atoms with Gasteiger partial charge in [-0.25, -0.2) is 0 Å². The largest absolute Gasteiger partial charge is 0.457 e. The van der Waals surface area contributed by atoms with Crippen LogP contribution in [0.25, 0.3) is 0 Å². The van der Waals surface area contributed by atoms with E-state index in [0.29, 0.717) is 12.0 Å². The molecule has 0 radical (unpaired) electrons. The van der Waals surface area contributed by atoms with Gasteiger partial charge in [-0.15, -0.1) is 0 Å². The maximum atomic E-state index is 5.85. The Balaban J connectivity index is 1.70. The van der Waals surface area contributed by atoms with Crippen LogP contribution in [0.1, 0.15) is 31.4 Å². The van der Waals surface area contributed by atoms with Gasteiger partial charge in [0.1, 0.15) is 11.5 Å². The van der Waals surface area contributed by atoms with Crippen LogP contribution in [0.3, 0.4) is 0 Å². The lowest BCUT2D eigenvalue weighted by Crippen LogP contribution is -2.24. The van der Waals surface area contributed by atoms with E-state index >= 15 is 0 Å². The standard InChI is InChI=1S/C19H23NO/c1-14(15-8-9-15)19(20-2)16-10-12-18(13-11-16)21-17-6-4-3-5-7-17/h3-7,10-15,19-20H,8-9H2,1-2H3. The first kappa shape index (κ1) is 14.2. The lowest BCUT2D eigenvalue weighted by atomic mass is 9.91. The van der Waals surface area contributed by atoms with Crippen LogP contribution >= 0.6 is 0 Å². The molecule has 0 amide bonds. The van der Waals surface area contributed by atoms with Gasteiger partial charge in [0.2, 0.25) is 0 Å². The van der Waals surface area contributed by atoms with Crippen molar-refractivity contribution >= 4 is 0 Å².